The lowest BCUT2D eigenvalue weighted by molar-refractivity contribution is 0.701. The SMILES string of the molecule is CCc1c(Cl)nc(C)nc1N(C)Cc1nccn1Cc1ccccc1. The number of imidazole rings is 1. The lowest BCUT2D eigenvalue weighted by atomic mass is 10.2. The van der Waals surface area contributed by atoms with E-state index in [0.29, 0.717) is 17.5 Å². The second-order valence-electron chi connectivity index (χ2n) is 6.03. The molecule has 0 amide bonds. The lowest BCUT2D eigenvalue weighted by Crippen LogP contribution is -2.23. The van der Waals surface area contributed by atoms with Crippen molar-refractivity contribution >= 4 is 17.4 Å². The van der Waals surface area contributed by atoms with E-state index in [1.165, 1.54) is 5.56 Å². The molecule has 0 aliphatic heterocycles. The summed E-state index contributed by atoms with van der Waals surface area (Å²) >= 11 is 6.30. The van der Waals surface area contributed by atoms with Crippen LogP contribution in [0.3, 0.4) is 0 Å². The summed E-state index contributed by atoms with van der Waals surface area (Å²) in [7, 11) is 2.01. The zero-order valence-electron chi connectivity index (χ0n) is 14.8. The number of rotatable bonds is 6. The van der Waals surface area contributed by atoms with E-state index >= 15 is 0 Å². The Morgan fingerprint density at radius 1 is 1.16 bits per heavy atom. The minimum atomic E-state index is 0.532. The Morgan fingerprint density at radius 2 is 1.92 bits per heavy atom. The molecule has 6 heteroatoms. The molecule has 0 unspecified atom stereocenters. The zero-order valence-corrected chi connectivity index (χ0v) is 15.5. The lowest BCUT2D eigenvalue weighted by Gasteiger charge is -2.22. The summed E-state index contributed by atoms with van der Waals surface area (Å²) in [5, 5.41) is 0.532. The van der Waals surface area contributed by atoms with Crippen LogP contribution in [0.5, 0.6) is 0 Å². The Morgan fingerprint density at radius 3 is 2.64 bits per heavy atom. The van der Waals surface area contributed by atoms with Gasteiger partial charge < -0.3 is 9.47 Å². The highest BCUT2D eigenvalue weighted by atomic mass is 35.5. The highest BCUT2D eigenvalue weighted by Gasteiger charge is 2.16. The fourth-order valence-electron chi connectivity index (χ4n) is 2.87. The summed E-state index contributed by atoms with van der Waals surface area (Å²) in [6.45, 7) is 5.38. The number of benzene rings is 1. The second kappa shape index (κ2) is 7.66. The highest BCUT2D eigenvalue weighted by molar-refractivity contribution is 6.30. The molecule has 0 bridgehead atoms. The molecule has 0 atom stereocenters. The smallest absolute Gasteiger partial charge is 0.138 e. The molecule has 1 aromatic carbocycles. The average Bonchev–Trinajstić information content (AvgIpc) is 3.02. The summed E-state index contributed by atoms with van der Waals surface area (Å²) < 4.78 is 2.16. The second-order valence-corrected chi connectivity index (χ2v) is 6.39. The molecule has 25 heavy (non-hydrogen) atoms. The predicted molar refractivity (Wildman–Crippen MR) is 101 cm³/mol. The first-order valence-electron chi connectivity index (χ1n) is 8.36. The van der Waals surface area contributed by atoms with Crippen LogP contribution in [0.1, 0.15) is 29.7 Å². The predicted octanol–water partition coefficient (Wildman–Crippen LogP) is 3.88. The summed E-state index contributed by atoms with van der Waals surface area (Å²) in [4.78, 5) is 15.5. The van der Waals surface area contributed by atoms with Crippen LogP contribution in [-0.4, -0.2) is 26.6 Å². The summed E-state index contributed by atoms with van der Waals surface area (Å²) in [5.74, 6) is 2.53. The third-order valence-corrected chi connectivity index (χ3v) is 4.45. The minimum absolute atomic E-state index is 0.532. The van der Waals surface area contributed by atoms with E-state index in [4.69, 9.17) is 11.6 Å². The number of nitrogens with zero attached hydrogens (tertiary/aromatic N) is 5. The molecular formula is C19H22ClN5. The van der Waals surface area contributed by atoms with Crippen LogP contribution < -0.4 is 4.90 Å². The van der Waals surface area contributed by atoms with Crippen molar-refractivity contribution in [1.82, 2.24) is 19.5 Å². The average molecular weight is 356 g/mol. The van der Waals surface area contributed by atoms with Gasteiger partial charge in [-0.2, -0.15) is 0 Å². The molecule has 0 fully saturated rings. The van der Waals surface area contributed by atoms with Gasteiger partial charge in [-0.1, -0.05) is 48.9 Å². The van der Waals surface area contributed by atoms with Gasteiger partial charge in [0.05, 0.1) is 6.54 Å². The normalized spacial score (nSPS) is 10.9. The number of anilines is 1. The van der Waals surface area contributed by atoms with Gasteiger partial charge in [0.2, 0.25) is 0 Å². The van der Waals surface area contributed by atoms with Crippen molar-refractivity contribution in [1.29, 1.82) is 0 Å². The molecule has 3 rings (SSSR count). The maximum Gasteiger partial charge on any atom is 0.138 e. The monoisotopic (exact) mass is 355 g/mol. The van der Waals surface area contributed by atoms with E-state index in [1.54, 1.807) is 0 Å². The quantitative estimate of drug-likeness (QED) is 0.629. The number of aromatic nitrogens is 4. The van der Waals surface area contributed by atoms with E-state index in [9.17, 15) is 0 Å². The standard InChI is InChI=1S/C19H22ClN5/c1-4-16-18(20)22-14(2)23-19(16)24(3)13-17-21-10-11-25(17)12-15-8-6-5-7-9-15/h5-11H,4,12-13H2,1-3H3. The van der Waals surface area contributed by atoms with Gasteiger partial charge in [-0.15, -0.1) is 0 Å². The third kappa shape index (κ3) is 3.99. The van der Waals surface area contributed by atoms with Gasteiger partial charge in [-0.25, -0.2) is 15.0 Å². The van der Waals surface area contributed by atoms with Crippen LogP contribution in [0.25, 0.3) is 0 Å². The van der Waals surface area contributed by atoms with Crippen molar-refractivity contribution in [2.24, 2.45) is 0 Å². The summed E-state index contributed by atoms with van der Waals surface area (Å²) in [5.41, 5.74) is 2.22. The van der Waals surface area contributed by atoms with Gasteiger partial charge in [-0.3, -0.25) is 0 Å². The van der Waals surface area contributed by atoms with Crippen LogP contribution >= 0.6 is 11.6 Å². The van der Waals surface area contributed by atoms with Crippen LogP contribution in [0.2, 0.25) is 5.15 Å². The van der Waals surface area contributed by atoms with E-state index in [2.05, 4.69) is 55.6 Å². The van der Waals surface area contributed by atoms with E-state index in [1.807, 2.05) is 32.4 Å². The van der Waals surface area contributed by atoms with Crippen molar-refractivity contribution in [3.05, 3.63) is 70.7 Å². The molecule has 5 nitrogen and oxygen atoms in total. The molecule has 0 aliphatic rings. The van der Waals surface area contributed by atoms with Gasteiger partial charge in [0.15, 0.2) is 0 Å². The molecule has 0 spiro atoms. The molecule has 130 valence electrons. The van der Waals surface area contributed by atoms with E-state index < -0.39 is 0 Å². The maximum atomic E-state index is 6.30. The number of hydrogen-bond donors (Lipinski definition) is 0. The molecule has 0 saturated carbocycles. The molecular weight excluding hydrogens is 334 g/mol. The first-order valence-corrected chi connectivity index (χ1v) is 8.74. The van der Waals surface area contributed by atoms with Crippen LogP contribution in [0.15, 0.2) is 42.7 Å². The van der Waals surface area contributed by atoms with Crippen LogP contribution in [-0.2, 0) is 19.5 Å². The van der Waals surface area contributed by atoms with Crippen molar-refractivity contribution in [3.8, 4) is 0 Å². The topological polar surface area (TPSA) is 46.8 Å². The minimum Gasteiger partial charge on any atom is -0.352 e. The fourth-order valence-corrected chi connectivity index (χ4v) is 3.21. The molecule has 0 saturated heterocycles. The Kier molecular flexibility index (Phi) is 5.34. The first-order chi connectivity index (χ1) is 12.1. The van der Waals surface area contributed by atoms with Crippen molar-refractivity contribution < 1.29 is 0 Å². The van der Waals surface area contributed by atoms with Gasteiger partial charge >= 0.3 is 0 Å². The maximum absolute atomic E-state index is 6.30. The summed E-state index contributed by atoms with van der Waals surface area (Å²) in [6.07, 6.45) is 4.64. The largest absolute Gasteiger partial charge is 0.352 e. The van der Waals surface area contributed by atoms with Gasteiger partial charge in [-0.05, 0) is 18.9 Å². The van der Waals surface area contributed by atoms with E-state index in [0.717, 1.165) is 30.2 Å². The van der Waals surface area contributed by atoms with Crippen molar-refractivity contribution in [2.45, 2.75) is 33.4 Å². The van der Waals surface area contributed by atoms with Gasteiger partial charge in [0.25, 0.3) is 0 Å². The number of halogens is 1. The van der Waals surface area contributed by atoms with E-state index in [-0.39, 0.29) is 0 Å². The molecule has 2 heterocycles. The van der Waals surface area contributed by atoms with Crippen molar-refractivity contribution in [3.63, 3.8) is 0 Å². The van der Waals surface area contributed by atoms with Crippen LogP contribution in [0.4, 0.5) is 5.82 Å². The van der Waals surface area contributed by atoms with Gasteiger partial charge in [0.1, 0.15) is 22.6 Å². The first kappa shape index (κ1) is 17.4. The van der Waals surface area contributed by atoms with Crippen molar-refractivity contribution in [2.75, 3.05) is 11.9 Å². The molecule has 3 aromatic rings. The number of hydrogen-bond acceptors (Lipinski definition) is 4. The molecule has 0 aliphatic carbocycles. The van der Waals surface area contributed by atoms with Crippen LogP contribution in [0, 0.1) is 6.92 Å². The Balaban J connectivity index is 1.83. The number of aryl methyl sites for hydroxylation is 1. The summed E-state index contributed by atoms with van der Waals surface area (Å²) in [6, 6.07) is 10.4. The Bertz CT molecular complexity index is 844. The highest BCUT2D eigenvalue weighted by Crippen LogP contribution is 2.25. The zero-order chi connectivity index (χ0) is 17.8. The Hall–Kier alpha value is -2.40. The molecule has 2 aromatic heterocycles. The fraction of sp³-hybridized carbons (Fsp3) is 0.316. The molecule has 0 radical (unpaired) electrons. The molecule has 0 N–H and O–H groups in total. The Labute approximate surface area is 153 Å². The third-order valence-electron chi connectivity index (χ3n) is 4.14. The van der Waals surface area contributed by atoms with Gasteiger partial charge in [0, 0.05) is 31.5 Å².